The molecule has 0 aliphatic heterocycles. The minimum Gasteiger partial charge on any atom is -0.465 e. The van der Waals surface area contributed by atoms with E-state index in [-0.39, 0.29) is 6.04 Å². The molecular formula is C10H20N2O3. The van der Waals surface area contributed by atoms with E-state index in [9.17, 15) is 4.79 Å². The molecule has 5 nitrogen and oxygen atoms in total. The predicted octanol–water partition coefficient (Wildman–Crippen LogP) is 0.801. The zero-order valence-electron chi connectivity index (χ0n) is 9.16. The number of methoxy groups -OCH3 is 1. The van der Waals surface area contributed by atoms with Crippen LogP contribution in [0.5, 0.6) is 0 Å². The SMILES string of the molecule is COCCNC1CCC(NC(=O)O)CC1. The van der Waals surface area contributed by atoms with Crippen LogP contribution in [0.2, 0.25) is 0 Å². The summed E-state index contributed by atoms with van der Waals surface area (Å²) in [5, 5.41) is 14.5. The van der Waals surface area contributed by atoms with Gasteiger partial charge in [-0.1, -0.05) is 0 Å². The van der Waals surface area contributed by atoms with Gasteiger partial charge in [0.05, 0.1) is 6.61 Å². The molecule has 0 atom stereocenters. The van der Waals surface area contributed by atoms with E-state index in [0.29, 0.717) is 6.04 Å². The minimum atomic E-state index is -0.911. The second kappa shape index (κ2) is 6.63. The van der Waals surface area contributed by atoms with Gasteiger partial charge in [0.2, 0.25) is 0 Å². The molecule has 3 N–H and O–H groups in total. The second-order valence-corrected chi connectivity index (χ2v) is 3.94. The molecule has 1 amide bonds. The molecular weight excluding hydrogens is 196 g/mol. The summed E-state index contributed by atoms with van der Waals surface area (Å²) in [4.78, 5) is 10.4. The molecule has 0 aromatic carbocycles. The molecule has 0 saturated heterocycles. The molecule has 1 saturated carbocycles. The standard InChI is InChI=1S/C10H20N2O3/c1-15-7-6-11-8-2-4-9(5-3-8)12-10(13)14/h8-9,11-12H,2-7H2,1H3,(H,13,14). The van der Waals surface area contributed by atoms with Crippen molar-refractivity contribution >= 4 is 6.09 Å². The van der Waals surface area contributed by atoms with Crippen LogP contribution in [0.25, 0.3) is 0 Å². The lowest BCUT2D eigenvalue weighted by atomic mass is 9.91. The lowest BCUT2D eigenvalue weighted by Gasteiger charge is -2.28. The summed E-state index contributed by atoms with van der Waals surface area (Å²) in [5.74, 6) is 0. The normalized spacial score (nSPS) is 26.2. The number of rotatable bonds is 5. The third-order valence-corrected chi connectivity index (χ3v) is 2.79. The van der Waals surface area contributed by atoms with Gasteiger partial charge in [-0.25, -0.2) is 4.79 Å². The van der Waals surface area contributed by atoms with Crippen molar-refractivity contribution in [1.29, 1.82) is 0 Å². The average molecular weight is 216 g/mol. The number of hydrogen-bond acceptors (Lipinski definition) is 3. The third-order valence-electron chi connectivity index (χ3n) is 2.79. The Balaban J connectivity index is 2.10. The van der Waals surface area contributed by atoms with Crippen molar-refractivity contribution in [1.82, 2.24) is 10.6 Å². The van der Waals surface area contributed by atoms with Crippen LogP contribution < -0.4 is 10.6 Å². The van der Waals surface area contributed by atoms with Gasteiger partial charge in [0.1, 0.15) is 0 Å². The first-order valence-electron chi connectivity index (χ1n) is 5.44. The van der Waals surface area contributed by atoms with Crippen LogP contribution in [0.15, 0.2) is 0 Å². The summed E-state index contributed by atoms with van der Waals surface area (Å²) in [6, 6.07) is 0.662. The molecule has 0 bridgehead atoms. The maximum Gasteiger partial charge on any atom is 0.404 e. The fraction of sp³-hybridized carbons (Fsp3) is 0.900. The summed E-state index contributed by atoms with van der Waals surface area (Å²) in [6.45, 7) is 1.60. The fourth-order valence-electron chi connectivity index (χ4n) is 1.98. The number of amides is 1. The number of carboxylic acid groups (broad SMARTS) is 1. The average Bonchev–Trinajstić information content (AvgIpc) is 2.20. The monoisotopic (exact) mass is 216 g/mol. The van der Waals surface area contributed by atoms with Crippen molar-refractivity contribution in [3.8, 4) is 0 Å². The lowest BCUT2D eigenvalue weighted by molar-refractivity contribution is 0.179. The lowest BCUT2D eigenvalue weighted by Crippen LogP contribution is -2.42. The van der Waals surface area contributed by atoms with Gasteiger partial charge < -0.3 is 20.5 Å². The van der Waals surface area contributed by atoms with Gasteiger partial charge in [0.15, 0.2) is 0 Å². The van der Waals surface area contributed by atoms with Crippen LogP contribution >= 0.6 is 0 Å². The van der Waals surface area contributed by atoms with Crippen molar-refractivity contribution in [2.45, 2.75) is 37.8 Å². The van der Waals surface area contributed by atoms with E-state index in [0.717, 1.165) is 38.8 Å². The summed E-state index contributed by atoms with van der Waals surface area (Å²) in [6.07, 6.45) is 3.02. The zero-order valence-corrected chi connectivity index (χ0v) is 9.16. The Kier molecular flexibility index (Phi) is 5.42. The molecule has 0 spiro atoms. The molecule has 0 unspecified atom stereocenters. The van der Waals surface area contributed by atoms with E-state index in [1.165, 1.54) is 0 Å². The molecule has 0 heterocycles. The highest BCUT2D eigenvalue weighted by molar-refractivity contribution is 5.64. The van der Waals surface area contributed by atoms with E-state index in [2.05, 4.69) is 10.6 Å². The van der Waals surface area contributed by atoms with Crippen LogP contribution in [0.4, 0.5) is 4.79 Å². The molecule has 0 aromatic heterocycles. The molecule has 1 rings (SSSR count). The maximum absolute atomic E-state index is 10.4. The summed E-state index contributed by atoms with van der Waals surface area (Å²) < 4.78 is 4.95. The molecule has 0 radical (unpaired) electrons. The molecule has 15 heavy (non-hydrogen) atoms. The number of ether oxygens (including phenoxy) is 1. The Morgan fingerprint density at radius 3 is 2.47 bits per heavy atom. The Morgan fingerprint density at radius 2 is 1.93 bits per heavy atom. The van der Waals surface area contributed by atoms with Crippen molar-refractivity contribution in [3.63, 3.8) is 0 Å². The van der Waals surface area contributed by atoms with Gasteiger partial charge >= 0.3 is 6.09 Å². The highest BCUT2D eigenvalue weighted by Crippen LogP contribution is 2.18. The van der Waals surface area contributed by atoms with Crippen LogP contribution in [0.3, 0.4) is 0 Å². The summed E-state index contributed by atoms with van der Waals surface area (Å²) in [5.41, 5.74) is 0. The van der Waals surface area contributed by atoms with Crippen LogP contribution in [-0.2, 0) is 4.74 Å². The van der Waals surface area contributed by atoms with Crippen molar-refractivity contribution < 1.29 is 14.6 Å². The van der Waals surface area contributed by atoms with Crippen LogP contribution in [-0.4, -0.2) is 43.5 Å². The zero-order chi connectivity index (χ0) is 11.1. The van der Waals surface area contributed by atoms with E-state index in [4.69, 9.17) is 9.84 Å². The molecule has 88 valence electrons. The Hall–Kier alpha value is -0.810. The summed E-state index contributed by atoms with van der Waals surface area (Å²) >= 11 is 0. The molecule has 0 aromatic rings. The Morgan fingerprint density at radius 1 is 1.33 bits per heavy atom. The van der Waals surface area contributed by atoms with Gasteiger partial charge in [-0.05, 0) is 25.7 Å². The minimum absolute atomic E-state index is 0.142. The van der Waals surface area contributed by atoms with Gasteiger partial charge in [-0.15, -0.1) is 0 Å². The fourth-order valence-corrected chi connectivity index (χ4v) is 1.98. The summed E-state index contributed by atoms with van der Waals surface area (Å²) in [7, 11) is 1.69. The predicted molar refractivity (Wildman–Crippen MR) is 57.1 cm³/mol. The first kappa shape index (κ1) is 12.3. The molecule has 1 fully saturated rings. The number of hydrogen-bond donors (Lipinski definition) is 3. The van der Waals surface area contributed by atoms with Crippen LogP contribution in [0, 0.1) is 0 Å². The van der Waals surface area contributed by atoms with Crippen molar-refractivity contribution in [3.05, 3.63) is 0 Å². The van der Waals surface area contributed by atoms with E-state index >= 15 is 0 Å². The first-order chi connectivity index (χ1) is 7.22. The van der Waals surface area contributed by atoms with E-state index < -0.39 is 6.09 Å². The maximum atomic E-state index is 10.4. The highest BCUT2D eigenvalue weighted by atomic mass is 16.5. The van der Waals surface area contributed by atoms with Gasteiger partial charge in [0, 0.05) is 25.7 Å². The highest BCUT2D eigenvalue weighted by Gasteiger charge is 2.21. The van der Waals surface area contributed by atoms with Gasteiger partial charge in [-0.2, -0.15) is 0 Å². The van der Waals surface area contributed by atoms with Crippen molar-refractivity contribution in [2.75, 3.05) is 20.3 Å². The van der Waals surface area contributed by atoms with Gasteiger partial charge in [0.25, 0.3) is 0 Å². The largest absolute Gasteiger partial charge is 0.465 e. The quantitative estimate of drug-likeness (QED) is 0.594. The van der Waals surface area contributed by atoms with Crippen molar-refractivity contribution in [2.24, 2.45) is 0 Å². The Labute approximate surface area is 90.2 Å². The van der Waals surface area contributed by atoms with Gasteiger partial charge in [-0.3, -0.25) is 0 Å². The third kappa shape index (κ3) is 4.99. The molecule has 1 aliphatic carbocycles. The smallest absolute Gasteiger partial charge is 0.404 e. The molecule has 1 aliphatic rings. The Bertz CT molecular complexity index is 191. The number of carbonyl (C=O) groups is 1. The van der Waals surface area contributed by atoms with Crippen LogP contribution in [0.1, 0.15) is 25.7 Å². The second-order valence-electron chi connectivity index (χ2n) is 3.94. The topological polar surface area (TPSA) is 70.6 Å². The molecule has 5 heteroatoms. The van der Waals surface area contributed by atoms with E-state index in [1.54, 1.807) is 7.11 Å². The number of nitrogens with one attached hydrogen (secondary N) is 2. The first-order valence-corrected chi connectivity index (χ1v) is 5.44. The van der Waals surface area contributed by atoms with E-state index in [1.807, 2.05) is 0 Å².